The molecule has 0 aliphatic heterocycles. The minimum atomic E-state index is -0.456. The van der Waals surface area contributed by atoms with Crippen LogP contribution in [0.2, 0.25) is 0 Å². The molecule has 4 nitrogen and oxygen atoms in total. The third-order valence-electron chi connectivity index (χ3n) is 1.71. The quantitative estimate of drug-likeness (QED) is 0.485. The second-order valence-corrected chi connectivity index (χ2v) is 3.79. The van der Waals surface area contributed by atoms with Crippen molar-refractivity contribution in [1.82, 2.24) is 0 Å². The number of carbonyl (C=O) groups is 1. The summed E-state index contributed by atoms with van der Waals surface area (Å²) in [6, 6.07) is 0. The summed E-state index contributed by atoms with van der Waals surface area (Å²) in [7, 11) is 1.33. The predicted octanol–water partition coefficient (Wildman–Crippen LogP) is 1.11. The first-order valence-corrected chi connectivity index (χ1v) is 4.04. The molecule has 4 heteroatoms. The zero-order valence-corrected chi connectivity index (χ0v) is 8.33. The van der Waals surface area contributed by atoms with Crippen LogP contribution in [0.25, 0.3) is 0 Å². The van der Waals surface area contributed by atoms with E-state index in [1.807, 2.05) is 25.3 Å². The summed E-state index contributed by atoms with van der Waals surface area (Å²) in [5.74, 6) is -0.236. The topological polar surface area (TPSA) is 43.3 Å². The van der Waals surface area contributed by atoms with Crippen LogP contribution >= 0.6 is 0 Å². The van der Waals surface area contributed by atoms with Crippen LogP contribution in [0.3, 0.4) is 0 Å². The molecule has 0 N–H and O–H groups in total. The number of carbonyl (C=O) groups excluding carboxylic acids is 1. The predicted molar refractivity (Wildman–Crippen MR) is 45.2 cm³/mol. The standard InChI is InChI=1S/C9H14NO3/c1-9(2,3)10-5-7(13-6-10)8(11)12-4/h5-6H,1-4H3/q+1. The molecule has 1 rings (SSSR count). The average Bonchev–Trinajstić information content (AvgIpc) is 2.50. The van der Waals surface area contributed by atoms with Gasteiger partial charge in [-0.3, -0.25) is 0 Å². The molecular weight excluding hydrogens is 170 g/mol. The summed E-state index contributed by atoms with van der Waals surface area (Å²) in [6.45, 7) is 6.05. The molecule has 0 spiro atoms. The molecule has 1 heterocycles. The van der Waals surface area contributed by atoms with E-state index in [0.29, 0.717) is 0 Å². The Kier molecular flexibility index (Phi) is 2.40. The minimum Gasteiger partial charge on any atom is -0.463 e. The van der Waals surface area contributed by atoms with Crippen LogP contribution in [-0.2, 0) is 10.3 Å². The van der Waals surface area contributed by atoms with Crippen molar-refractivity contribution < 1.29 is 18.5 Å². The number of oxazole rings is 1. The molecule has 0 saturated heterocycles. The van der Waals surface area contributed by atoms with E-state index >= 15 is 0 Å². The first-order chi connectivity index (χ1) is 5.95. The number of hydrogen-bond acceptors (Lipinski definition) is 3. The van der Waals surface area contributed by atoms with Crippen LogP contribution < -0.4 is 4.57 Å². The molecule has 1 aromatic heterocycles. The molecule has 0 aromatic carbocycles. The summed E-state index contributed by atoms with van der Waals surface area (Å²) >= 11 is 0. The van der Waals surface area contributed by atoms with Crippen molar-refractivity contribution in [1.29, 1.82) is 0 Å². The maximum atomic E-state index is 11.0. The lowest BCUT2D eigenvalue weighted by Crippen LogP contribution is -2.48. The molecule has 0 saturated carbocycles. The SMILES string of the molecule is COC(=O)c1c[n+](C(C)(C)C)co1. The summed E-state index contributed by atoms with van der Waals surface area (Å²) in [6.07, 6.45) is 3.14. The van der Waals surface area contributed by atoms with Crippen LogP contribution in [0.4, 0.5) is 0 Å². The van der Waals surface area contributed by atoms with Crippen molar-refractivity contribution in [3.8, 4) is 0 Å². The van der Waals surface area contributed by atoms with E-state index in [1.54, 1.807) is 6.20 Å². The summed E-state index contributed by atoms with van der Waals surface area (Å²) in [4.78, 5) is 11.0. The van der Waals surface area contributed by atoms with Crippen molar-refractivity contribution in [3.05, 3.63) is 18.4 Å². The molecule has 0 bridgehead atoms. The van der Waals surface area contributed by atoms with Crippen molar-refractivity contribution in [3.63, 3.8) is 0 Å². The highest BCUT2D eigenvalue weighted by Crippen LogP contribution is 2.06. The van der Waals surface area contributed by atoms with Gasteiger partial charge in [-0.15, -0.1) is 0 Å². The zero-order chi connectivity index (χ0) is 10.1. The van der Waals surface area contributed by atoms with E-state index in [-0.39, 0.29) is 11.3 Å². The second-order valence-electron chi connectivity index (χ2n) is 3.79. The van der Waals surface area contributed by atoms with Crippen LogP contribution in [0.15, 0.2) is 17.0 Å². The number of ether oxygens (including phenoxy) is 1. The zero-order valence-electron chi connectivity index (χ0n) is 8.33. The molecule has 0 aliphatic rings. The lowest BCUT2D eigenvalue weighted by molar-refractivity contribution is -0.756. The van der Waals surface area contributed by atoms with Gasteiger partial charge in [-0.2, -0.15) is 4.57 Å². The maximum absolute atomic E-state index is 11.0. The molecule has 0 fully saturated rings. The highest BCUT2D eigenvalue weighted by molar-refractivity contribution is 5.85. The third kappa shape index (κ3) is 2.08. The van der Waals surface area contributed by atoms with Crippen molar-refractivity contribution in [2.75, 3.05) is 7.11 Å². The lowest BCUT2D eigenvalue weighted by atomic mass is 10.1. The number of nitrogens with zero attached hydrogens (tertiary/aromatic N) is 1. The van der Waals surface area contributed by atoms with Crippen molar-refractivity contribution in [2.24, 2.45) is 0 Å². The smallest absolute Gasteiger partial charge is 0.380 e. The van der Waals surface area contributed by atoms with Gasteiger partial charge in [0.05, 0.1) is 7.11 Å². The number of rotatable bonds is 1. The minimum absolute atomic E-state index is 0.0875. The maximum Gasteiger partial charge on any atom is 0.380 e. The van der Waals surface area contributed by atoms with E-state index in [9.17, 15) is 4.79 Å². The Hall–Kier alpha value is -1.32. The average molecular weight is 184 g/mol. The summed E-state index contributed by atoms with van der Waals surface area (Å²) in [5, 5.41) is 0. The lowest BCUT2D eigenvalue weighted by Gasteiger charge is -2.07. The molecule has 0 aliphatic carbocycles. The fourth-order valence-electron chi connectivity index (χ4n) is 0.854. The highest BCUT2D eigenvalue weighted by atomic mass is 16.5. The van der Waals surface area contributed by atoms with Crippen LogP contribution in [0.1, 0.15) is 31.3 Å². The van der Waals surface area contributed by atoms with Crippen molar-refractivity contribution >= 4 is 5.97 Å². The molecule has 13 heavy (non-hydrogen) atoms. The fourth-order valence-corrected chi connectivity index (χ4v) is 0.854. The molecule has 1 aromatic rings. The highest BCUT2D eigenvalue weighted by Gasteiger charge is 2.26. The van der Waals surface area contributed by atoms with Gasteiger partial charge in [-0.25, -0.2) is 4.79 Å². The first kappa shape index (κ1) is 9.77. The molecule has 72 valence electrons. The molecule has 0 unspecified atom stereocenters. The van der Waals surface area contributed by atoms with Gasteiger partial charge in [-0.1, -0.05) is 0 Å². The first-order valence-electron chi connectivity index (χ1n) is 4.04. The largest absolute Gasteiger partial charge is 0.463 e. The fraction of sp³-hybridized carbons (Fsp3) is 0.556. The third-order valence-corrected chi connectivity index (χ3v) is 1.71. The Morgan fingerprint density at radius 1 is 1.54 bits per heavy atom. The van der Waals surface area contributed by atoms with Crippen molar-refractivity contribution in [2.45, 2.75) is 26.3 Å². The number of hydrogen-bond donors (Lipinski definition) is 0. The number of esters is 1. The normalized spacial score (nSPS) is 11.4. The van der Waals surface area contributed by atoms with Gasteiger partial charge in [0.25, 0.3) is 5.76 Å². The van der Waals surface area contributed by atoms with Gasteiger partial charge in [0, 0.05) is 20.8 Å². The van der Waals surface area contributed by atoms with Gasteiger partial charge >= 0.3 is 12.4 Å². The molecule has 0 radical (unpaired) electrons. The van der Waals surface area contributed by atoms with E-state index < -0.39 is 5.97 Å². The van der Waals surface area contributed by atoms with Crippen LogP contribution in [0.5, 0.6) is 0 Å². The number of methoxy groups -OCH3 is 1. The Morgan fingerprint density at radius 2 is 2.15 bits per heavy atom. The van der Waals surface area contributed by atoms with E-state index in [2.05, 4.69) is 4.74 Å². The summed E-state index contributed by atoms with van der Waals surface area (Å²) in [5.41, 5.74) is -0.0875. The van der Waals surface area contributed by atoms with Gasteiger partial charge < -0.3 is 9.15 Å². The molecule has 0 amide bonds. The van der Waals surface area contributed by atoms with Crippen LogP contribution in [0, 0.1) is 0 Å². The van der Waals surface area contributed by atoms with Gasteiger partial charge in [0.2, 0.25) is 6.20 Å². The number of aromatic nitrogens is 1. The Balaban J connectivity index is 2.93. The van der Waals surface area contributed by atoms with Gasteiger partial charge in [0.15, 0.2) is 5.54 Å². The Bertz CT molecular complexity index is 309. The molecule has 0 atom stereocenters. The van der Waals surface area contributed by atoms with E-state index in [4.69, 9.17) is 4.42 Å². The monoisotopic (exact) mass is 184 g/mol. The van der Waals surface area contributed by atoms with Gasteiger partial charge in [0.1, 0.15) is 0 Å². The van der Waals surface area contributed by atoms with E-state index in [1.165, 1.54) is 13.5 Å². The van der Waals surface area contributed by atoms with Gasteiger partial charge in [-0.05, 0) is 0 Å². The Labute approximate surface area is 77.1 Å². The Morgan fingerprint density at radius 3 is 2.54 bits per heavy atom. The van der Waals surface area contributed by atoms with Crippen LogP contribution in [-0.4, -0.2) is 13.1 Å². The van der Waals surface area contributed by atoms with E-state index in [0.717, 1.165) is 0 Å². The summed E-state index contributed by atoms with van der Waals surface area (Å²) < 4.78 is 11.4. The second kappa shape index (κ2) is 3.20. The molecular formula is C9H14NO3+.